The third-order valence-corrected chi connectivity index (χ3v) is 2.89. The van der Waals surface area contributed by atoms with E-state index in [0.717, 1.165) is 0 Å². The minimum Gasteiger partial charge on any atom is -0.395 e. The Bertz CT molecular complexity index is 764. The zero-order chi connectivity index (χ0) is 27.1. The van der Waals surface area contributed by atoms with Crippen LogP contribution in [0.4, 0.5) is 0 Å². The van der Waals surface area contributed by atoms with Crippen molar-refractivity contribution in [3.8, 4) is 0 Å². The van der Waals surface area contributed by atoms with Gasteiger partial charge in [0.25, 0.3) is 10.1 Å². The molecule has 0 aliphatic heterocycles. The van der Waals surface area contributed by atoms with E-state index in [4.69, 9.17) is 59.2 Å². The fraction of sp³-hybridized carbons (Fsp3) is 1.00. The van der Waals surface area contributed by atoms with Gasteiger partial charge >= 0.3 is 31.2 Å². The molecule has 0 radical (unpaired) electrons. The number of hydrogen-bond donors (Lipinski definition) is 10. The molecule has 0 heterocycles. The van der Waals surface area contributed by atoms with Crippen LogP contribution >= 0.6 is 0 Å². The molecule has 0 saturated carbocycles. The highest BCUT2D eigenvalue weighted by atomic mass is 32.3. The summed E-state index contributed by atoms with van der Waals surface area (Å²) in [6.45, 7) is 0.218. The van der Waals surface area contributed by atoms with Crippen LogP contribution < -0.4 is 22.9 Å². The van der Waals surface area contributed by atoms with Crippen molar-refractivity contribution in [2.75, 3.05) is 51.8 Å². The first kappa shape index (κ1) is 41.6. The Morgan fingerprint density at radius 2 is 0.812 bits per heavy atom. The monoisotopic (exact) mass is 566 g/mol. The van der Waals surface area contributed by atoms with Gasteiger partial charge in [0, 0.05) is 26.2 Å². The quantitative estimate of drug-likeness (QED) is 0.116. The highest BCUT2D eigenvalue weighted by Gasteiger charge is 2.01. The van der Waals surface area contributed by atoms with E-state index >= 15 is 0 Å². The van der Waals surface area contributed by atoms with Crippen LogP contribution in [0.25, 0.3) is 0 Å². The Labute approximate surface area is 186 Å². The van der Waals surface area contributed by atoms with Crippen molar-refractivity contribution >= 4 is 41.3 Å². The average Bonchev–Trinajstić information content (AvgIpc) is 2.55. The molecule has 0 aromatic heterocycles. The van der Waals surface area contributed by atoms with Crippen molar-refractivity contribution in [3.63, 3.8) is 0 Å². The minimum atomic E-state index is -4.67. The van der Waals surface area contributed by atoms with E-state index in [9.17, 15) is 25.3 Å². The first-order valence-corrected chi connectivity index (χ1v) is 13.1. The van der Waals surface area contributed by atoms with Gasteiger partial charge in [-0.15, -0.1) is 0 Å². The SMILES string of the molecule is NCCO.NCCOS(=O)(=O)O.NCCOS(=O)(=O)O.NCCS(=O)(=O)O.O=S(=O)(O)O. The molecule has 0 aliphatic carbocycles. The molecule has 0 spiro atoms. The lowest BCUT2D eigenvalue weighted by molar-refractivity contribution is 0.274. The van der Waals surface area contributed by atoms with E-state index in [0.29, 0.717) is 6.54 Å². The lowest BCUT2D eigenvalue weighted by atomic mass is 10.8. The molecule has 0 atom stereocenters. The minimum absolute atomic E-state index is 0.0289. The maximum absolute atomic E-state index is 9.71. The summed E-state index contributed by atoms with van der Waals surface area (Å²) in [5, 5.41) is 7.75. The maximum atomic E-state index is 9.71. The molecule has 0 aromatic carbocycles. The fourth-order valence-electron chi connectivity index (χ4n) is 0.456. The molecule has 24 heteroatoms. The van der Waals surface area contributed by atoms with Crippen molar-refractivity contribution in [2.45, 2.75) is 0 Å². The number of nitrogens with two attached hydrogens (primary N) is 4. The maximum Gasteiger partial charge on any atom is 0.397 e. The van der Waals surface area contributed by atoms with Gasteiger partial charge in [-0.25, -0.2) is 8.37 Å². The van der Waals surface area contributed by atoms with E-state index < -0.39 is 41.3 Å². The molecule has 0 rings (SSSR count). The first-order valence-electron chi connectivity index (χ1n) is 7.39. The Morgan fingerprint density at radius 1 is 0.562 bits per heavy atom. The van der Waals surface area contributed by atoms with Gasteiger partial charge in [0.15, 0.2) is 0 Å². The Balaban J connectivity index is -0.0000000971. The Morgan fingerprint density at radius 3 is 0.844 bits per heavy atom. The molecule has 32 heavy (non-hydrogen) atoms. The second kappa shape index (κ2) is 23.5. The smallest absolute Gasteiger partial charge is 0.395 e. The summed E-state index contributed by atoms with van der Waals surface area (Å²) < 4.78 is 121. The molecule has 0 aromatic rings. The summed E-state index contributed by atoms with van der Waals surface area (Å²) in [5.41, 5.74) is 19.2. The van der Waals surface area contributed by atoms with Gasteiger partial charge in [-0.3, -0.25) is 22.8 Å². The Hall–Kier alpha value is -0.680. The van der Waals surface area contributed by atoms with Gasteiger partial charge in [0.1, 0.15) is 0 Å². The van der Waals surface area contributed by atoms with Crippen LogP contribution in [0.2, 0.25) is 0 Å². The molecule has 0 amide bonds. The highest BCUT2D eigenvalue weighted by Crippen LogP contribution is 1.82. The van der Waals surface area contributed by atoms with E-state index in [1.54, 1.807) is 0 Å². The molecule has 0 fully saturated rings. The second-order valence-corrected chi connectivity index (χ2v) is 8.76. The summed E-state index contributed by atoms with van der Waals surface area (Å²) in [5.74, 6) is -0.354. The molecule has 0 unspecified atom stereocenters. The van der Waals surface area contributed by atoms with Gasteiger partial charge in [-0.2, -0.15) is 33.7 Å². The average molecular weight is 567 g/mol. The van der Waals surface area contributed by atoms with Gasteiger partial charge in [0.2, 0.25) is 0 Å². The zero-order valence-corrected chi connectivity index (χ0v) is 19.6. The lowest BCUT2D eigenvalue weighted by Gasteiger charge is -1.92. The van der Waals surface area contributed by atoms with Gasteiger partial charge in [0.05, 0.1) is 25.6 Å². The number of rotatable bonds is 9. The van der Waals surface area contributed by atoms with Crippen LogP contribution in [0, 0.1) is 0 Å². The third-order valence-electron chi connectivity index (χ3n) is 1.21. The standard InChI is InChI=1S/2C2H7NO4S.C2H7NO3S.C2H7NO.H2O4S/c2*3-1-2-7-8(4,5)6;3-1-2-7(4,5)6;3-1-2-4;1-5(2,3)4/h2*1-3H2,(H,4,5,6);1-3H2,(H,4,5,6);4H,1-3H2;(H2,1,2,3,4). The summed E-state index contributed by atoms with van der Waals surface area (Å²) in [4.78, 5) is 0. The number of aliphatic hydroxyl groups excluding tert-OH is 1. The molecule has 0 aliphatic rings. The van der Waals surface area contributed by atoms with E-state index in [2.05, 4.69) is 8.37 Å². The third kappa shape index (κ3) is 115. The van der Waals surface area contributed by atoms with Crippen LogP contribution in [0.3, 0.4) is 0 Å². The van der Waals surface area contributed by atoms with Crippen LogP contribution in [-0.4, -0.2) is 113 Å². The van der Waals surface area contributed by atoms with Gasteiger partial charge in [-0.1, -0.05) is 0 Å². The van der Waals surface area contributed by atoms with Crippen molar-refractivity contribution in [2.24, 2.45) is 22.9 Å². The van der Waals surface area contributed by atoms with Crippen LogP contribution in [0.5, 0.6) is 0 Å². The topological polar surface area (TPSA) is 380 Å². The Kier molecular flexibility index (Phi) is 30.5. The van der Waals surface area contributed by atoms with E-state index in [1.165, 1.54) is 0 Å². The van der Waals surface area contributed by atoms with Gasteiger partial charge in [-0.05, 0) is 0 Å². The van der Waals surface area contributed by atoms with Crippen molar-refractivity contribution < 1.29 is 69.9 Å². The van der Waals surface area contributed by atoms with Gasteiger partial charge < -0.3 is 28.0 Å². The van der Waals surface area contributed by atoms with Crippen LogP contribution in [0.1, 0.15) is 0 Å². The molecule has 0 bridgehead atoms. The molecule has 14 N–H and O–H groups in total. The van der Waals surface area contributed by atoms with E-state index in [-0.39, 0.29) is 45.2 Å². The summed E-state index contributed by atoms with van der Waals surface area (Å²) in [7, 11) is -17.0. The fourth-order valence-corrected chi connectivity index (χ4v) is 1.37. The molecule has 202 valence electrons. The molecule has 20 nitrogen and oxygen atoms in total. The lowest BCUT2D eigenvalue weighted by Crippen LogP contribution is -2.13. The largest absolute Gasteiger partial charge is 0.397 e. The predicted molar refractivity (Wildman–Crippen MR) is 109 cm³/mol. The number of hydrogen-bond acceptors (Lipinski definition) is 15. The highest BCUT2D eigenvalue weighted by molar-refractivity contribution is 7.85. The van der Waals surface area contributed by atoms with Crippen molar-refractivity contribution in [3.05, 3.63) is 0 Å². The first-order chi connectivity index (χ1) is 14.1. The molecular weight excluding hydrogens is 536 g/mol. The van der Waals surface area contributed by atoms with Crippen molar-refractivity contribution in [1.82, 2.24) is 0 Å². The molecular formula is C8H30N4O16S4. The normalized spacial score (nSPS) is 11.2. The summed E-state index contributed by atoms with van der Waals surface area (Å²) in [6.07, 6.45) is 0. The summed E-state index contributed by atoms with van der Waals surface area (Å²) >= 11 is 0. The number of aliphatic hydroxyl groups is 1. The van der Waals surface area contributed by atoms with E-state index in [1.807, 2.05) is 0 Å². The van der Waals surface area contributed by atoms with Crippen LogP contribution in [0.15, 0.2) is 0 Å². The summed E-state index contributed by atoms with van der Waals surface area (Å²) in [6, 6.07) is 0. The second-order valence-electron chi connectivity index (χ2n) is 4.11. The van der Waals surface area contributed by atoms with Crippen molar-refractivity contribution in [1.29, 1.82) is 0 Å². The molecule has 0 saturated heterocycles. The predicted octanol–water partition coefficient (Wildman–Crippen LogP) is -5.35. The van der Waals surface area contributed by atoms with Crippen LogP contribution in [-0.2, 0) is 49.7 Å². The zero-order valence-electron chi connectivity index (χ0n) is 16.4.